The minimum atomic E-state index is -2.74. The number of hydrogen-bond acceptors (Lipinski definition) is 9. The van der Waals surface area contributed by atoms with Gasteiger partial charge >= 0.3 is 41.8 Å². The Balaban J connectivity index is -0.000000160. The predicted octanol–water partition coefficient (Wildman–Crippen LogP) is -3.24. The second-order valence-electron chi connectivity index (χ2n) is 3.80. The molecule has 0 spiro atoms. The van der Waals surface area contributed by atoms with Gasteiger partial charge in [0, 0.05) is 0 Å². The van der Waals surface area contributed by atoms with Crippen LogP contribution in [0.2, 0.25) is 0 Å². The van der Waals surface area contributed by atoms with Crippen molar-refractivity contribution in [1.29, 1.82) is 0 Å². The van der Waals surface area contributed by atoms with E-state index in [1.165, 1.54) is 0 Å². The highest BCUT2D eigenvalue weighted by Crippen LogP contribution is 2.15. The molecule has 9 N–H and O–H groups in total. The Morgan fingerprint density at radius 2 is 0.786 bits per heavy atom. The molecule has 0 aliphatic carbocycles. The molecule has 0 saturated heterocycles. The van der Waals surface area contributed by atoms with E-state index < -0.39 is 60.2 Å². The van der Waals surface area contributed by atoms with Gasteiger partial charge < -0.3 is 46.0 Å². The average Bonchev–Trinajstić information content (AvgIpc) is 2.47. The standard InChI is InChI=1S/C6H8O7.2C2H2O4.CH2O2/c7-3(8)1-6(13,5(11)12)2-4(9)10;2*3-1(4)2(5)6;2-1-3/h13H,1-2H2,(H,7,8)(H,9,10)(H,11,12);2*(H,3,4)(H,5,6);1H,(H,2,3). The highest BCUT2D eigenvalue weighted by atomic mass is 16.4. The van der Waals surface area contributed by atoms with Crippen LogP contribution in [0.4, 0.5) is 0 Å². The molecule has 160 valence electrons. The van der Waals surface area contributed by atoms with Crippen LogP contribution in [-0.4, -0.2) is 99.8 Å². The molecule has 0 rings (SSSR count). The van der Waals surface area contributed by atoms with E-state index in [9.17, 15) is 14.4 Å². The summed E-state index contributed by atoms with van der Waals surface area (Å²) in [5.41, 5.74) is -2.74. The van der Waals surface area contributed by atoms with Crippen molar-refractivity contribution in [2.45, 2.75) is 18.4 Å². The Bertz CT molecular complexity index is 538. The van der Waals surface area contributed by atoms with Crippen LogP contribution in [0.25, 0.3) is 0 Å². The van der Waals surface area contributed by atoms with E-state index >= 15 is 0 Å². The maximum atomic E-state index is 10.3. The molecule has 0 amide bonds. The molecule has 0 aromatic carbocycles. The average molecular weight is 418 g/mol. The zero-order valence-electron chi connectivity index (χ0n) is 13.3. The SMILES string of the molecule is O=C(O)C(=O)O.O=C(O)C(=O)O.O=C(O)CC(O)(CC(=O)O)C(=O)O.O=CO. The number of carboxylic acids is 7. The van der Waals surface area contributed by atoms with Gasteiger partial charge in [0.2, 0.25) is 0 Å². The lowest BCUT2D eigenvalue weighted by molar-refractivity contribution is -0.170. The van der Waals surface area contributed by atoms with E-state index in [-0.39, 0.29) is 6.47 Å². The first-order valence-electron chi connectivity index (χ1n) is 5.88. The molecule has 0 aromatic rings. The van der Waals surface area contributed by atoms with Gasteiger partial charge in [-0.15, -0.1) is 0 Å². The zero-order valence-corrected chi connectivity index (χ0v) is 13.3. The first-order chi connectivity index (χ1) is 12.5. The monoisotopic (exact) mass is 418 g/mol. The molecule has 0 heterocycles. The molecule has 0 aliphatic heterocycles. The molecule has 0 aromatic heterocycles. The second-order valence-corrected chi connectivity index (χ2v) is 3.80. The molecule has 0 radical (unpaired) electrons. The molecule has 0 atom stereocenters. The van der Waals surface area contributed by atoms with Crippen molar-refractivity contribution < 1.29 is 84.3 Å². The fraction of sp³-hybridized carbons (Fsp3) is 0.273. The van der Waals surface area contributed by atoms with Crippen molar-refractivity contribution in [3.8, 4) is 0 Å². The van der Waals surface area contributed by atoms with Gasteiger partial charge in [-0.3, -0.25) is 14.4 Å². The van der Waals surface area contributed by atoms with Gasteiger partial charge in [-0.2, -0.15) is 0 Å². The van der Waals surface area contributed by atoms with E-state index in [0.717, 1.165) is 0 Å². The Morgan fingerprint density at radius 1 is 0.607 bits per heavy atom. The first-order valence-corrected chi connectivity index (χ1v) is 5.88. The third-order valence-corrected chi connectivity index (χ3v) is 1.65. The molecular formula is C11H14O17. The van der Waals surface area contributed by atoms with Crippen molar-refractivity contribution in [1.82, 2.24) is 0 Å². The lowest BCUT2D eigenvalue weighted by atomic mass is 9.96. The van der Waals surface area contributed by atoms with Crippen LogP contribution >= 0.6 is 0 Å². The number of rotatable bonds is 5. The summed E-state index contributed by atoms with van der Waals surface area (Å²) in [5.74, 6) is -12.3. The first kappa shape index (κ1) is 31.5. The van der Waals surface area contributed by atoms with Crippen LogP contribution in [0.1, 0.15) is 12.8 Å². The summed E-state index contributed by atoms with van der Waals surface area (Å²) in [6, 6.07) is 0. The van der Waals surface area contributed by atoms with Crippen LogP contribution < -0.4 is 0 Å². The molecule has 0 aliphatic rings. The van der Waals surface area contributed by atoms with Crippen LogP contribution in [0.5, 0.6) is 0 Å². The third kappa shape index (κ3) is 24.0. The van der Waals surface area contributed by atoms with E-state index in [1.54, 1.807) is 0 Å². The van der Waals surface area contributed by atoms with Gasteiger partial charge in [0.15, 0.2) is 5.60 Å². The Morgan fingerprint density at radius 3 is 0.857 bits per heavy atom. The summed E-state index contributed by atoms with van der Waals surface area (Å²) in [6.45, 7) is -0.250. The summed E-state index contributed by atoms with van der Waals surface area (Å²) < 4.78 is 0. The van der Waals surface area contributed by atoms with Gasteiger partial charge in [-0.05, 0) is 0 Å². The summed E-state index contributed by atoms with van der Waals surface area (Å²) >= 11 is 0. The molecule has 17 heteroatoms. The quantitative estimate of drug-likeness (QED) is 0.156. The van der Waals surface area contributed by atoms with Gasteiger partial charge in [0.1, 0.15) is 0 Å². The van der Waals surface area contributed by atoms with Crippen molar-refractivity contribution in [3.63, 3.8) is 0 Å². The minimum Gasteiger partial charge on any atom is -0.483 e. The minimum absolute atomic E-state index is 0.250. The maximum absolute atomic E-state index is 10.3. The van der Waals surface area contributed by atoms with Crippen LogP contribution in [0.3, 0.4) is 0 Å². The number of aliphatic hydroxyl groups is 1. The van der Waals surface area contributed by atoms with E-state index in [1.807, 2.05) is 0 Å². The fourth-order valence-electron chi connectivity index (χ4n) is 0.714. The summed E-state index contributed by atoms with van der Waals surface area (Å²) in [7, 11) is 0. The largest absolute Gasteiger partial charge is 0.483 e. The van der Waals surface area contributed by atoms with Crippen molar-refractivity contribution in [2.75, 3.05) is 0 Å². The van der Waals surface area contributed by atoms with Gasteiger partial charge in [-0.1, -0.05) is 0 Å². The predicted molar refractivity (Wildman–Crippen MR) is 76.3 cm³/mol. The van der Waals surface area contributed by atoms with E-state index in [4.69, 9.17) is 69.9 Å². The van der Waals surface area contributed by atoms with E-state index in [0.29, 0.717) is 0 Å². The molecule has 0 saturated carbocycles. The summed E-state index contributed by atoms with van der Waals surface area (Å²) in [6.07, 6.45) is -2.29. The molecule has 0 unspecified atom stereocenters. The third-order valence-electron chi connectivity index (χ3n) is 1.65. The lowest BCUT2D eigenvalue weighted by Gasteiger charge is -2.18. The smallest absolute Gasteiger partial charge is 0.414 e. The maximum Gasteiger partial charge on any atom is 0.414 e. The highest BCUT2D eigenvalue weighted by molar-refractivity contribution is 6.27. The Labute approximate surface area is 152 Å². The summed E-state index contributed by atoms with van der Waals surface area (Å²) in [4.78, 5) is 75.2. The number of carbonyl (C=O) groups is 8. The zero-order chi connectivity index (χ0) is 23.7. The van der Waals surface area contributed by atoms with Crippen molar-refractivity contribution >= 4 is 48.3 Å². The number of carboxylic acid groups (broad SMARTS) is 8. The van der Waals surface area contributed by atoms with Gasteiger partial charge in [-0.25, -0.2) is 24.0 Å². The van der Waals surface area contributed by atoms with Crippen molar-refractivity contribution in [3.05, 3.63) is 0 Å². The van der Waals surface area contributed by atoms with Crippen molar-refractivity contribution in [2.24, 2.45) is 0 Å². The molecular weight excluding hydrogens is 404 g/mol. The summed E-state index contributed by atoms with van der Waals surface area (Å²) in [5, 5.41) is 70.3. The topological polar surface area (TPSA) is 319 Å². The van der Waals surface area contributed by atoms with E-state index in [2.05, 4.69) is 0 Å². The Kier molecular flexibility index (Phi) is 18.2. The lowest BCUT2D eigenvalue weighted by Crippen LogP contribution is -2.42. The van der Waals surface area contributed by atoms with Crippen LogP contribution in [0.15, 0.2) is 0 Å². The number of aliphatic carboxylic acids is 7. The normalized spacial score (nSPS) is 8.61. The molecule has 17 nitrogen and oxygen atoms in total. The second kappa shape index (κ2) is 16.2. The van der Waals surface area contributed by atoms with Gasteiger partial charge in [0.05, 0.1) is 12.8 Å². The van der Waals surface area contributed by atoms with Gasteiger partial charge in [0.25, 0.3) is 6.47 Å². The molecule has 0 fully saturated rings. The fourth-order valence-corrected chi connectivity index (χ4v) is 0.714. The van der Waals surface area contributed by atoms with Crippen LogP contribution in [0, 0.1) is 0 Å². The number of hydrogen-bond donors (Lipinski definition) is 9. The highest BCUT2D eigenvalue weighted by Gasteiger charge is 2.40. The Hall–Kier alpha value is -4.28. The molecule has 0 bridgehead atoms. The molecule has 28 heavy (non-hydrogen) atoms. The van der Waals surface area contributed by atoms with Crippen LogP contribution in [-0.2, 0) is 38.4 Å².